The van der Waals surface area contributed by atoms with Crippen LogP contribution in [0.1, 0.15) is 16.1 Å². The molecule has 0 bridgehead atoms. The molecule has 0 amide bonds. The Labute approximate surface area is 134 Å². The molecule has 0 saturated heterocycles. The van der Waals surface area contributed by atoms with Crippen molar-refractivity contribution >= 4 is 46.6 Å². The third-order valence-electron chi connectivity index (χ3n) is 2.47. The van der Waals surface area contributed by atoms with Gasteiger partial charge in [0.25, 0.3) is 0 Å². The molecule has 0 unspecified atom stereocenters. The molecule has 0 atom stereocenters. The molecule has 1 aromatic carbocycles. The smallest absolute Gasteiger partial charge is 0.341 e. The molecule has 0 aliphatic heterocycles. The van der Waals surface area contributed by atoms with E-state index in [1.807, 2.05) is 0 Å². The predicted octanol–water partition coefficient (Wildman–Crippen LogP) is 3.93. The van der Waals surface area contributed by atoms with Gasteiger partial charge in [0, 0.05) is 5.56 Å². The van der Waals surface area contributed by atoms with Crippen LogP contribution in [0.15, 0.2) is 28.9 Å². The van der Waals surface area contributed by atoms with E-state index in [9.17, 15) is 9.59 Å². The van der Waals surface area contributed by atoms with Crippen molar-refractivity contribution in [1.29, 1.82) is 0 Å². The summed E-state index contributed by atoms with van der Waals surface area (Å²) >= 11 is 17.8. The normalized spacial score (nSPS) is 10.4. The number of halogens is 3. The maximum Gasteiger partial charge on any atom is 0.341 e. The molecule has 8 heteroatoms. The lowest BCUT2D eigenvalue weighted by Gasteiger charge is -2.09. The molecule has 0 aliphatic carbocycles. The van der Waals surface area contributed by atoms with Crippen LogP contribution < -0.4 is 4.74 Å². The number of benzene rings is 1. The monoisotopic (exact) mass is 348 g/mol. The third-order valence-corrected chi connectivity index (χ3v) is 3.63. The average molecular weight is 350 g/mol. The SMILES string of the molecule is O=C(O)COc1ccc(C(=O)c2occc2Cl)c(Cl)c1Cl. The van der Waals surface area contributed by atoms with Gasteiger partial charge in [-0.15, -0.1) is 0 Å². The highest BCUT2D eigenvalue weighted by atomic mass is 35.5. The van der Waals surface area contributed by atoms with Gasteiger partial charge in [0.2, 0.25) is 5.78 Å². The minimum Gasteiger partial charge on any atom is -0.480 e. The Morgan fingerprint density at radius 1 is 1.14 bits per heavy atom. The number of hydrogen-bond donors (Lipinski definition) is 1. The summed E-state index contributed by atoms with van der Waals surface area (Å²) in [6.45, 7) is -0.576. The number of ketones is 1. The summed E-state index contributed by atoms with van der Waals surface area (Å²) < 4.78 is 9.94. The van der Waals surface area contributed by atoms with E-state index in [4.69, 9.17) is 49.1 Å². The van der Waals surface area contributed by atoms with Gasteiger partial charge in [-0.05, 0) is 18.2 Å². The summed E-state index contributed by atoms with van der Waals surface area (Å²) in [7, 11) is 0. The molecule has 2 aromatic rings. The van der Waals surface area contributed by atoms with Crippen LogP contribution in [0.2, 0.25) is 15.1 Å². The van der Waals surface area contributed by atoms with Crippen LogP contribution in [0.4, 0.5) is 0 Å². The molecule has 0 radical (unpaired) electrons. The first-order valence-corrected chi connectivity index (χ1v) is 6.65. The van der Waals surface area contributed by atoms with Crippen molar-refractivity contribution in [2.75, 3.05) is 6.61 Å². The van der Waals surface area contributed by atoms with Gasteiger partial charge in [-0.2, -0.15) is 0 Å². The minimum absolute atomic E-state index is 0.0613. The molecule has 0 aliphatic rings. The third kappa shape index (κ3) is 3.32. The molecule has 0 saturated carbocycles. The van der Waals surface area contributed by atoms with Crippen LogP contribution in [-0.4, -0.2) is 23.5 Å². The van der Waals surface area contributed by atoms with Gasteiger partial charge in [-0.1, -0.05) is 34.8 Å². The lowest BCUT2D eigenvalue weighted by molar-refractivity contribution is -0.139. The van der Waals surface area contributed by atoms with Crippen LogP contribution in [0.25, 0.3) is 0 Å². The van der Waals surface area contributed by atoms with Crippen molar-refractivity contribution < 1.29 is 23.8 Å². The second-order valence-electron chi connectivity index (χ2n) is 3.85. The summed E-state index contributed by atoms with van der Waals surface area (Å²) in [6, 6.07) is 4.13. The van der Waals surface area contributed by atoms with Crippen molar-refractivity contribution in [2.24, 2.45) is 0 Å². The van der Waals surface area contributed by atoms with Gasteiger partial charge in [0.15, 0.2) is 12.4 Å². The molecule has 0 fully saturated rings. The molecular formula is C13H7Cl3O5. The molecule has 5 nitrogen and oxygen atoms in total. The fourth-order valence-electron chi connectivity index (χ4n) is 1.54. The van der Waals surface area contributed by atoms with Gasteiger partial charge in [-0.3, -0.25) is 4.79 Å². The first-order valence-electron chi connectivity index (χ1n) is 5.52. The summed E-state index contributed by atoms with van der Waals surface area (Å²) in [6.07, 6.45) is 1.27. The van der Waals surface area contributed by atoms with Gasteiger partial charge in [-0.25, -0.2) is 4.79 Å². The number of aliphatic carboxylic acids is 1. The average Bonchev–Trinajstić information content (AvgIpc) is 2.86. The van der Waals surface area contributed by atoms with Gasteiger partial charge in [0.1, 0.15) is 10.8 Å². The largest absolute Gasteiger partial charge is 0.480 e. The molecule has 21 heavy (non-hydrogen) atoms. The van der Waals surface area contributed by atoms with Crippen molar-refractivity contribution in [1.82, 2.24) is 0 Å². The standard InChI is InChI=1S/C13H7Cl3O5/c14-7-3-4-20-13(7)12(19)6-1-2-8(11(16)10(6)15)21-5-9(17)18/h1-4H,5H2,(H,17,18). The van der Waals surface area contributed by atoms with Crippen molar-refractivity contribution in [2.45, 2.75) is 0 Å². The lowest BCUT2D eigenvalue weighted by atomic mass is 10.1. The molecule has 1 aromatic heterocycles. The quantitative estimate of drug-likeness (QED) is 0.828. The Morgan fingerprint density at radius 3 is 2.43 bits per heavy atom. The molecule has 1 heterocycles. The minimum atomic E-state index is -1.16. The van der Waals surface area contributed by atoms with Crippen molar-refractivity contribution in [3.63, 3.8) is 0 Å². The van der Waals surface area contributed by atoms with Crippen LogP contribution in [-0.2, 0) is 4.79 Å². The van der Waals surface area contributed by atoms with Crippen molar-refractivity contribution in [3.05, 3.63) is 50.9 Å². The van der Waals surface area contributed by atoms with E-state index in [2.05, 4.69) is 0 Å². The highest BCUT2D eigenvalue weighted by Crippen LogP contribution is 2.36. The van der Waals surface area contributed by atoms with E-state index in [1.165, 1.54) is 24.5 Å². The number of carbonyl (C=O) groups is 2. The molecule has 2 rings (SSSR count). The predicted molar refractivity (Wildman–Crippen MR) is 76.7 cm³/mol. The number of rotatable bonds is 5. The Bertz CT molecular complexity index is 708. The van der Waals surface area contributed by atoms with Crippen LogP contribution in [0.3, 0.4) is 0 Å². The van der Waals surface area contributed by atoms with E-state index in [-0.39, 0.29) is 32.1 Å². The highest BCUT2D eigenvalue weighted by molar-refractivity contribution is 6.45. The zero-order valence-electron chi connectivity index (χ0n) is 10.2. The zero-order valence-corrected chi connectivity index (χ0v) is 12.5. The second-order valence-corrected chi connectivity index (χ2v) is 5.01. The summed E-state index contributed by atoms with van der Waals surface area (Å²) in [4.78, 5) is 22.7. The maximum atomic E-state index is 12.2. The number of carbonyl (C=O) groups excluding carboxylic acids is 1. The van der Waals surface area contributed by atoms with Gasteiger partial charge in [0.05, 0.1) is 16.3 Å². The fourth-order valence-corrected chi connectivity index (χ4v) is 2.18. The first kappa shape index (κ1) is 15.7. The van der Waals surface area contributed by atoms with E-state index in [0.29, 0.717) is 0 Å². The molecule has 0 spiro atoms. The van der Waals surface area contributed by atoms with Crippen LogP contribution in [0.5, 0.6) is 5.75 Å². The van der Waals surface area contributed by atoms with Crippen LogP contribution in [0, 0.1) is 0 Å². The Balaban J connectivity index is 2.35. The maximum absolute atomic E-state index is 12.2. The highest BCUT2D eigenvalue weighted by Gasteiger charge is 2.22. The number of carboxylic acids is 1. The lowest BCUT2D eigenvalue weighted by Crippen LogP contribution is -2.10. The number of hydrogen-bond acceptors (Lipinski definition) is 4. The van der Waals surface area contributed by atoms with E-state index >= 15 is 0 Å². The summed E-state index contributed by atoms with van der Waals surface area (Å²) in [5.74, 6) is -1.70. The van der Waals surface area contributed by atoms with Crippen molar-refractivity contribution in [3.8, 4) is 5.75 Å². The molecule has 1 N–H and O–H groups in total. The Hall–Kier alpha value is -1.69. The summed E-state index contributed by atoms with van der Waals surface area (Å²) in [5, 5.41) is 8.57. The summed E-state index contributed by atoms with van der Waals surface area (Å²) in [5.41, 5.74) is 0.0705. The number of furan rings is 1. The number of ether oxygens (including phenoxy) is 1. The van der Waals surface area contributed by atoms with E-state index < -0.39 is 18.4 Å². The number of carboxylic acid groups (broad SMARTS) is 1. The fraction of sp³-hybridized carbons (Fsp3) is 0.0769. The second kappa shape index (κ2) is 6.39. The first-order chi connectivity index (χ1) is 9.91. The Kier molecular flexibility index (Phi) is 4.77. The molecular weight excluding hydrogens is 342 g/mol. The van der Waals surface area contributed by atoms with E-state index in [0.717, 1.165) is 0 Å². The van der Waals surface area contributed by atoms with Crippen LogP contribution >= 0.6 is 34.8 Å². The van der Waals surface area contributed by atoms with Gasteiger partial charge < -0.3 is 14.3 Å². The zero-order chi connectivity index (χ0) is 15.6. The Morgan fingerprint density at radius 2 is 1.86 bits per heavy atom. The molecule has 110 valence electrons. The topological polar surface area (TPSA) is 76.7 Å². The van der Waals surface area contributed by atoms with Gasteiger partial charge >= 0.3 is 5.97 Å². The van der Waals surface area contributed by atoms with E-state index in [1.54, 1.807) is 0 Å².